The average molecular weight is 945 g/mol. The number of benzene rings is 9. The molecule has 0 aromatic heterocycles. The van der Waals surface area contributed by atoms with Gasteiger partial charge in [-0.3, -0.25) is 0 Å². The number of fused-ring (bicyclic) bond motifs is 7. The predicted molar refractivity (Wildman–Crippen MR) is 298 cm³/mol. The van der Waals surface area contributed by atoms with Crippen LogP contribution in [0.1, 0.15) is 99.9 Å². The van der Waals surface area contributed by atoms with Gasteiger partial charge in [-0.25, -0.2) is 0 Å². The normalized spacial score (nSPS) is 15.5. The molecule has 2 aliphatic carbocycles. The number of hydrogen-bond acceptors (Lipinski definition) is 5. The molecule has 0 bridgehead atoms. The highest BCUT2D eigenvalue weighted by molar-refractivity contribution is 5.96. The molecule has 0 atom stereocenters. The van der Waals surface area contributed by atoms with Gasteiger partial charge in [0.05, 0.1) is 33.7 Å². The lowest BCUT2D eigenvalue weighted by Gasteiger charge is -2.36. The maximum atomic E-state index is 12.0. The molecule has 0 spiro atoms. The van der Waals surface area contributed by atoms with Crippen LogP contribution in [0, 0.1) is 22.7 Å². The van der Waals surface area contributed by atoms with E-state index in [2.05, 4.69) is 259 Å². The van der Waals surface area contributed by atoms with Crippen LogP contribution in [-0.2, 0) is 26.8 Å². The molecule has 3 aliphatic rings. The quantitative estimate of drug-likeness (QED) is 0.152. The van der Waals surface area contributed by atoms with Crippen LogP contribution in [0.2, 0.25) is 0 Å². The molecule has 73 heavy (non-hydrogen) atoms. The van der Waals surface area contributed by atoms with E-state index in [1.807, 2.05) is 12.1 Å². The minimum atomic E-state index is -0.929. The zero-order valence-corrected chi connectivity index (χ0v) is 42.7. The van der Waals surface area contributed by atoms with E-state index in [-0.39, 0.29) is 22.0 Å². The Morgan fingerprint density at radius 1 is 0.342 bits per heavy atom. The fourth-order valence-corrected chi connectivity index (χ4v) is 12.6. The summed E-state index contributed by atoms with van der Waals surface area (Å²) in [5.74, 6) is 0. The highest BCUT2D eigenvalue weighted by Crippen LogP contribution is 2.61. The van der Waals surface area contributed by atoms with Crippen molar-refractivity contribution in [1.82, 2.24) is 0 Å². The Balaban J connectivity index is 1.15. The van der Waals surface area contributed by atoms with Crippen molar-refractivity contribution < 1.29 is 4.74 Å². The second kappa shape index (κ2) is 16.5. The number of ether oxygens (including phenoxy) is 1. The van der Waals surface area contributed by atoms with Crippen molar-refractivity contribution in [2.75, 3.05) is 9.80 Å². The zero-order valence-electron chi connectivity index (χ0n) is 42.7. The van der Waals surface area contributed by atoms with Crippen LogP contribution in [0.15, 0.2) is 194 Å². The summed E-state index contributed by atoms with van der Waals surface area (Å²) in [6.45, 7) is 17.6. The zero-order chi connectivity index (χ0) is 50.6. The molecule has 1 aliphatic heterocycles. The molecule has 354 valence electrons. The fraction of sp³-hybridized carbons (Fsp3) is 0.176. The third kappa shape index (κ3) is 6.98. The van der Waals surface area contributed by atoms with Gasteiger partial charge in [0.1, 0.15) is 12.1 Å². The Morgan fingerprint density at radius 3 is 1.03 bits per heavy atom. The van der Waals surface area contributed by atoms with Crippen LogP contribution < -0.4 is 9.80 Å². The van der Waals surface area contributed by atoms with Gasteiger partial charge in [-0.1, -0.05) is 173 Å². The number of hydrogen-bond donors (Lipinski definition) is 0. The minimum Gasteiger partial charge on any atom is -0.360 e. The Hall–Kier alpha value is -8.48. The van der Waals surface area contributed by atoms with Crippen LogP contribution >= 0.6 is 0 Å². The number of nitrogens with zero attached hydrogens (tertiary/aromatic N) is 4. The van der Waals surface area contributed by atoms with Gasteiger partial charge >= 0.3 is 0 Å². The molecule has 0 saturated carbocycles. The van der Waals surface area contributed by atoms with Gasteiger partial charge in [-0.15, -0.1) is 0 Å². The summed E-state index contributed by atoms with van der Waals surface area (Å²) >= 11 is 0. The molecule has 0 unspecified atom stereocenters. The molecule has 12 rings (SSSR count). The molecule has 0 amide bonds. The first-order chi connectivity index (χ1) is 35.1. The third-order valence-corrected chi connectivity index (χ3v) is 15.9. The fourth-order valence-electron chi connectivity index (χ4n) is 12.6. The highest BCUT2D eigenvalue weighted by Gasteiger charge is 2.51. The van der Waals surface area contributed by atoms with E-state index in [9.17, 15) is 10.5 Å². The average Bonchev–Trinajstić information content (AvgIpc) is 3.87. The molecule has 5 nitrogen and oxygen atoms in total. The van der Waals surface area contributed by atoms with E-state index in [4.69, 9.17) is 4.74 Å². The van der Waals surface area contributed by atoms with Crippen LogP contribution in [0.4, 0.5) is 34.1 Å². The van der Waals surface area contributed by atoms with Crippen molar-refractivity contribution in [1.29, 1.82) is 10.5 Å². The van der Waals surface area contributed by atoms with Crippen LogP contribution in [0.25, 0.3) is 44.5 Å². The second-order valence-corrected chi connectivity index (χ2v) is 21.8. The molecule has 0 N–H and O–H groups in total. The molecule has 9 aromatic carbocycles. The van der Waals surface area contributed by atoms with Gasteiger partial charge in [0.2, 0.25) is 0 Å². The molecule has 5 heteroatoms. The van der Waals surface area contributed by atoms with Crippen LogP contribution in [0.5, 0.6) is 0 Å². The maximum absolute atomic E-state index is 12.0. The van der Waals surface area contributed by atoms with Crippen molar-refractivity contribution in [2.24, 2.45) is 0 Å². The first-order valence-electron chi connectivity index (χ1n) is 25.3. The van der Waals surface area contributed by atoms with Gasteiger partial charge in [-0.05, 0) is 143 Å². The Bertz CT molecular complexity index is 3530. The van der Waals surface area contributed by atoms with Gasteiger partial charge in [0.15, 0.2) is 0 Å². The number of nitriles is 2. The molecule has 0 fully saturated rings. The Labute approximate surface area is 429 Å². The van der Waals surface area contributed by atoms with E-state index in [1.165, 1.54) is 44.5 Å². The van der Waals surface area contributed by atoms with Crippen molar-refractivity contribution in [3.63, 3.8) is 0 Å². The highest BCUT2D eigenvalue weighted by atomic mass is 16.5. The summed E-state index contributed by atoms with van der Waals surface area (Å²) < 4.78 is 7.31. The van der Waals surface area contributed by atoms with E-state index in [0.29, 0.717) is 11.4 Å². The van der Waals surface area contributed by atoms with Gasteiger partial charge in [-0.2, -0.15) is 10.5 Å². The lowest BCUT2D eigenvalue weighted by molar-refractivity contribution is -0.104. The Kier molecular flexibility index (Phi) is 10.3. The van der Waals surface area contributed by atoms with E-state index in [0.717, 1.165) is 56.1 Å². The topological polar surface area (TPSA) is 63.3 Å². The minimum absolute atomic E-state index is 0.278. The lowest BCUT2D eigenvalue weighted by Crippen LogP contribution is -2.24. The van der Waals surface area contributed by atoms with Gasteiger partial charge in [0.25, 0.3) is 0 Å². The molecule has 1 heterocycles. The first-order valence-corrected chi connectivity index (χ1v) is 25.3. The van der Waals surface area contributed by atoms with Gasteiger partial charge < -0.3 is 14.5 Å². The predicted octanol–water partition coefficient (Wildman–Crippen LogP) is 17.8. The van der Waals surface area contributed by atoms with Crippen molar-refractivity contribution in [3.05, 3.63) is 239 Å². The van der Waals surface area contributed by atoms with E-state index >= 15 is 0 Å². The Morgan fingerprint density at radius 2 is 0.658 bits per heavy atom. The van der Waals surface area contributed by atoms with Crippen LogP contribution in [0.3, 0.4) is 0 Å². The van der Waals surface area contributed by atoms with Crippen molar-refractivity contribution in [3.8, 4) is 56.6 Å². The number of rotatable bonds is 8. The maximum Gasteiger partial charge on any atom is 0.103 e. The van der Waals surface area contributed by atoms with E-state index < -0.39 is 11.2 Å². The lowest BCUT2D eigenvalue weighted by atomic mass is 9.81. The monoisotopic (exact) mass is 944 g/mol. The molecule has 0 radical (unpaired) electrons. The third-order valence-electron chi connectivity index (χ3n) is 15.9. The summed E-state index contributed by atoms with van der Waals surface area (Å²) in [6, 6.07) is 74.1. The largest absolute Gasteiger partial charge is 0.360 e. The summed E-state index contributed by atoms with van der Waals surface area (Å²) in [5.41, 5.74) is 18.8. The smallest absolute Gasteiger partial charge is 0.103 e. The summed E-state index contributed by atoms with van der Waals surface area (Å²) in [7, 11) is 0. The standard InChI is InChI=1S/C68H56N4O/c1-65(2)57-25-17-15-23-51(57)53-37-35-49(39-59(53)65)71(47-31-27-45(28-32-47)43-19-11-9-12-20-43)63-55(41-69)56(42-70)64(62-61(63)67(5,6)73-68(62,7)8)72(48-33-29-46(30-34-48)44-21-13-10-14-22-44)50-36-38-54-52-24-16-18-26-58(52)66(3,4)60(54)40-50/h9-40H,1-8H3. The first kappa shape index (κ1) is 45.6. The summed E-state index contributed by atoms with van der Waals surface area (Å²) in [6.07, 6.45) is 0. The molecule has 9 aromatic rings. The van der Waals surface area contributed by atoms with E-state index in [1.54, 1.807) is 0 Å². The van der Waals surface area contributed by atoms with Gasteiger partial charge in [0, 0.05) is 44.7 Å². The molecular formula is C68H56N4O. The van der Waals surface area contributed by atoms with Crippen molar-refractivity contribution >= 4 is 34.1 Å². The van der Waals surface area contributed by atoms with Crippen molar-refractivity contribution in [2.45, 2.75) is 77.4 Å². The number of anilines is 6. The molecule has 0 saturated heterocycles. The summed E-state index contributed by atoms with van der Waals surface area (Å²) in [4.78, 5) is 4.44. The summed E-state index contributed by atoms with van der Waals surface area (Å²) in [5, 5.41) is 23.9. The molecular weight excluding hydrogens is 889 g/mol. The van der Waals surface area contributed by atoms with Crippen LogP contribution in [-0.4, -0.2) is 0 Å². The second-order valence-electron chi connectivity index (χ2n) is 21.8. The SMILES string of the molecule is CC1(C)OC(C)(C)c2c(N(c3ccc(-c4ccccc4)cc3)c3ccc4c(c3)C(C)(C)c3ccccc3-4)c(C#N)c(C#N)c(N(c3ccc(-c4ccccc4)cc3)c3ccc4c(c3)C(C)(C)c3ccccc3-4)c21.